The first-order chi connectivity index (χ1) is 15.5. The van der Waals surface area contributed by atoms with Gasteiger partial charge < -0.3 is 15.0 Å². The number of ether oxygens (including phenoxy) is 1. The molecule has 0 saturated carbocycles. The summed E-state index contributed by atoms with van der Waals surface area (Å²) in [5.74, 6) is -0.465. The van der Waals surface area contributed by atoms with Crippen molar-refractivity contribution >= 4 is 23.5 Å². The molecule has 0 saturated heterocycles. The van der Waals surface area contributed by atoms with Crippen LogP contribution >= 0.6 is 0 Å². The van der Waals surface area contributed by atoms with Crippen LogP contribution in [0.2, 0.25) is 0 Å². The Morgan fingerprint density at radius 1 is 1.09 bits per heavy atom. The predicted octanol–water partition coefficient (Wildman–Crippen LogP) is 4.08. The van der Waals surface area contributed by atoms with Gasteiger partial charge in [0.2, 0.25) is 5.91 Å². The van der Waals surface area contributed by atoms with Crippen molar-refractivity contribution in [3.63, 3.8) is 0 Å². The molecule has 0 spiro atoms. The number of methoxy groups -OCH3 is 1. The molecule has 1 N–H and O–H groups in total. The highest BCUT2D eigenvalue weighted by Crippen LogP contribution is 2.38. The molecule has 3 rings (SSSR count). The van der Waals surface area contributed by atoms with Crippen LogP contribution in [0.4, 0.5) is 5.69 Å². The summed E-state index contributed by atoms with van der Waals surface area (Å²) in [7, 11) is 1.35. The number of amides is 2. The second-order valence-corrected chi connectivity index (χ2v) is 7.95. The number of nitrogens with one attached hydrogen (secondary N) is 1. The second-order valence-electron chi connectivity index (χ2n) is 7.95. The summed E-state index contributed by atoms with van der Waals surface area (Å²) < 4.78 is 4.72. The number of hydrogen-bond acceptors (Lipinski definition) is 4. The zero-order valence-corrected chi connectivity index (χ0v) is 18.6. The third-order valence-electron chi connectivity index (χ3n) is 5.72. The quantitative estimate of drug-likeness (QED) is 0.477. The van der Waals surface area contributed by atoms with E-state index in [-0.39, 0.29) is 42.5 Å². The predicted molar refractivity (Wildman–Crippen MR) is 124 cm³/mol. The summed E-state index contributed by atoms with van der Waals surface area (Å²) >= 11 is 0. The second kappa shape index (κ2) is 11.3. The van der Waals surface area contributed by atoms with E-state index >= 15 is 0 Å². The van der Waals surface area contributed by atoms with Crippen LogP contribution in [0.3, 0.4) is 0 Å². The first-order valence-electron chi connectivity index (χ1n) is 11.0. The normalized spacial score (nSPS) is 15.9. The molecule has 2 atom stereocenters. The molecular formula is C26H30N2O4. The Bertz CT molecular complexity index is 971. The van der Waals surface area contributed by atoms with Crippen LogP contribution < -0.4 is 10.2 Å². The van der Waals surface area contributed by atoms with Crippen molar-refractivity contribution in [2.24, 2.45) is 5.92 Å². The number of carbonyl (C=O) groups excluding carboxylic acids is 3. The summed E-state index contributed by atoms with van der Waals surface area (Å²) in [6.07, 6.45) is 4.85. The monoisotopic (exact) mass is 434 g/mol. The van der Waals surface area contributed by atoms with Gasteiger partial charge in [0, 0.05) is 36.7 Å². The van der Waals surface area contributed by atoms with Crippen LogP contribution in [0.15, 0.2) is 66.7 Å². The molecule has 0 radical (unpaired) electrons. The molecule has 32 heavy (non-hydrogen) atoms. The highest BCUT2D eigenvalue weighted by molar-refractivity contribution is 6.07. The molecule has 0 aliphatic carbocycles. The lowest BCUT2D eigenvalue weighted by molar-refractivity contribution is -0.141. The fourth-order valence-electron chi connectivity index (χ4n) is 4.15. The molecule has 2 amide bonds. The number of fused-ring (bicyclic) bond motifs is 1. The first-order valence-corrected chi connectivity index (χ1v) is 11.0. The lowest BCUT2D eigenvalue weighted by atomic mass is 9.97. The van der Waals surface area contributed by atoms with Gasteiger partial charge in [0.15, 0.2) is 0 Å². The van der Waals surface area contributed by atoms with Crippen molar-refractivity contribution in [1.82, 2.24) is 5.32 Å². The Hall–Kier alpha value is -3.41. The number of esters is 1. The van der Waals surface area contributed by atoms with E-state index in [1.807, 2.05) is 72.5 Å². The molecule has 1 aliphatic rings. The molecule has 0 bridgehead atoms. The van der Waals surface area contributed by atoms with E-state index in [1.165, 1.54) is 7.11 Å². The molecule has 2 unspecified atom stereocenters. The summed E-state index contributed by atoms with van der Waals surface area (Å²) in [6.45, 7) is 2.96. The van der Waals surface area contributed by atoms with Crippen molar-refractivity contribution in [3.05, 3.63) is 77.9 Å². The van der Waals surface area contributed by atoms with E-state index in [2.05, 4.69) is 11.4 Å². The maximum atomic E-state index is 13.0. The minimum Gasteiger partial charge on any atom is -0.469 e. The molecule has 1 heterocycles. The maximum absolute atomic E-state index is 13.0. The molecule has 1 aliphatic heterocycles. The smallest absolute Gasteiger partial charge is 0.306 e. The first kappa shape index (κ1) is 23.3. The van der Waals surface area contributed by atoms with Gasteiger partial charge in [-0.15, -0.1) is 0 Å². The van der Waals surface area contributed by atoms with E-state index < -0.39 is 0 Å². The van der Waals surface area contributed by atoms with Gasteiger partial charge in [-0.1, -0.05) is 48.6 Å². The van der Waals surface area contributed by atoms with Gasteiger partial charge in [-0.3, -0.25) is 14.4 Å². The van der Waals surface area contributed by atoms with Crippen molar-refractivity contribution in [2.75, 3.05) is 25.1 Å². The fraction of sp³-hybridized carbons (Fsp3) is 0.346. The topological polar surface area (TPSA) is 75.7 Å². The van der Waals surface area contributed by atoms with E-state index in [1.54, 1.807) is 0 Å². The number of para-hydroxylation sites is 1. The third kappa shape index (κ3) is 5.84. The zero-order chi connectivity index (χ0) is 22.9. The van der Waals surface area contributed by atoms with E-state index in [9.17, 15) is 14.4 Å². The van der Waals surface area contributed by atoms with Gasteiger partial charge in [0.25, 0.3) is 5.91 Å². The standard InChI is InChI=1S/C26H30N2O4/c1-3-9-19(17-25(30)32-2)16-24(29)27-15-14-21-18-28(23-13-8-7-12-22(21)23)26(31)20-10-5-4-6-11-20/h3-13,19,21H,14-18H2,1-2H3,(H,27,29)/b9-3-. The van der Waals surface area contributed by atoms with Crippen LogP contribution in [-0.4, -0.2) is 38.0 Å². The summed E-state index contributed by atoms with van der Waals surface area (Å²) in [6, 6.07) is 17.2. The fourth-order valence-corrected chi connectivity index (χ4v) is 4.15. The average Bonchev–Trinajstić information content (AvgIpc) is 3.18. The zero-order valence-electron chi connectivity index (χ0n) is 18.6. The van der Waals surface area contributed by atoms with Crippen LogP contribution in [-0.2, 0) is 14.3 Å². The SMILES string of the molecule is C/C=C\C(CC(=O)NCCC1CN(C(=O)c2ccccc2)c2ccccc21)CC(=O)OC. The maximum Gasteiger partial charge on any atom is 0.306 e. The van der Waals surface area contributed by atoms with E-state index in [4.69, 9.17) is 4.74 Å². The molecular weight excluding hydrogens is 404 g/mol. The molecule has 2 aromatic rings. The highest BCUT2D eigenvalue weighted by Gasteiger charge is 2.32. The number of rotatable bonds is 9. The van der Waals surface area contributed by atoms with Crippen LogP contribution in [0.1, 0.15) is 48.0 Å². The molecule has 6 heteroatoms. The molecule has 0 fully saturated rings. The Kier molecular flexibility index (Phi) is 8.20. The molecule has 6 nitrogen and oxygen atoms in total. The minimum absolute atomic E-state index is 0.0124. The number of anilines is 1. The number of carbonyl (C=O) groups is 3. The lowest BCUT2D eigenvalue weighted by Crippen LogP contribution is -2.31. The van der Waals surface area contributed by atoms with Gasteiger partial charge >= 0.3 is 5.97 Å². The molecule has 2 aromatic carbocycles. The highest BCUT2D eigenvalue weighted by atomic mass is 16.5. The number of nitrogens with zero attached hydrogens (tertiary/aromatic N) is 1. The van der Waals surface area contributed by atoms with Crippen molar-refractivity contribution < 1.29 is 19.1 Å². The van der Waals surface area contributed by atoms with E-state index in [0.717, 1.165) is 17.7 Å². The van der Waals surface area contributed by atoms with Gasteiger partial charge in [0.1, 0.15) is 0 Å². The summed E-state index contributed by atoms with van der Waals surface area (Å²) in [5.41, 5.74) is 2.73. The van der Waals surface area contributed by atoms with Crippen LogP contribution in [0.5, 0.6) is 0 Å². The van der Waals surface area contributed by atoms with Crippen molar-refractivity contribution in [2.45, 2.75) is 32.1 Å². The number of allylic oxidation sites excluding steroid dienone is 2. The third-order valence-corrected chi connectivity index (χ3v) is 5.72. The Balaban J connectivity index is 1.58. The van der Waals surface area contributed by atoms with Crippen LogP contribution in [0, 0.1) is 5.92 Å². The minimum atomic E-state index is -0.327. The number of benzene rings is 2. The Labute approximate surface area is 189 Å². The van der Waals surface area contributed by atoms with Gasteiger partial charge in [0.05, 0.1) is 13.5 Å². The van der Waals surface area contributed by atoms with Crippen molar-refractivity contribution in [1.29, 1.82) is 0 Å². The summed E-state index contributed by atoms with van der Waals surface area (Å²) in [5, 5.41) is 2.97. The Morgan fingerprint density at radius 3 is 2.53 bits per heavy atom. The molecule has 168 valence electrons. The van der Waals surface area contributed by atoms with Crippen LogP contribution in [0.25, 0.3) is 0 Å². The number of hydrogen-bond donors (Lipinski definition) is 1. The average molecular weight is 435 g/mol. The van der Waals surface area contributed by atoms with Gasteiger partial charge in [-0.2, -0.15) is 0 Å². The van der Waals surface area contributed by atoms with Crippen molar-refractivity contribution in [3.8, 4) is 0 Å². The largest absolute Gasteiger partial charge is 0.469 e. The van der Waals surface area contributed by atoms with Gasteiger partial charge in [-0.25, -0.2) is 0 Å². The molecule has 0 aromatic heterocycles. The van der Waals surface area contributed by atoms with E-state index in [0.29, 0.717) is 18.7 Å². The summed E-state index contributed by atoms with van der Waals surface area (Å²) in [4.78, 5) is 38.8. The lowest BCUT2D eigenvalue weighted by Gasteiger charge is -2.18. The van der Waals surface area contributed by atoms with Gasteiger partial charge in [-0.05, 0) is 43.0 Å². The Morgan fingerprint density at radius 2 is 1.81 bits per heavy atom.